The fourth-order valence-corrected chi connectivity index (χ4v) is 3.98. The van der Waals surface area contributed by atoms with Crippen LogP contribution in [0.25, 0.3) is 11.3 Å². The van der Waals surface area contributed by atoms with Gasteiger partial charge < -0.3 is 5.73 Å². The maximum Gasteiger partial charge on any atom is 0.123 e. The summed E-state index contributed by atoms with van der Waals surface area (Å²) < 4.78 is 13.2. The van der Waals surface area contributed by atoms with E-state index >= 15 is 0 Å². The van der Waals surface area contributed by atoms with E-state index in [9.17, 15) is 4.39 Å². The van der Waals surface area contributed by atoms with Gasteiger partial charge in [0.05, 0.1) is 5.01 Å². The van der Waals surface area contributed by atoms with E-state index < -0.39 is 0 Å². The summed E-state index contributed by atoms with van der Waals surface area (Å²) in [4.78, 5) is 4.77. The maximum absolute atomic E-state index is 13.2. The highest BCUT2D eigenvalue weighted by Gasteiger charge is 2.21. The second-order valence-electron chi connectivity index (χ2n) is 5.56. The highest BCUT2D eigenvalue weighted by Crippen LogP contribution is 2.40. The Morgan fingerprint density at radius 2 is 2.00 bits per heavy atom. The lowest BCUT2D eigenvalue weighted by Crippen LogP contribution is -2.03. The molecule has 0 aliphatic heterocycles. The van der Waals surface area contributed by atoms with Crippen molar-refractivity contribution >= 4 is 16.3 Å². The minimum absolute atomic E-state index is 0.215. The largest absolute Gasteiger partial charge is 0.389 e. The molecule has 2 aromatic rings. The normalized spacial score (nSPS) is 16.5. The van der Waals surface area contributed by atoms with Gasteiger partial charge in [-0.1, -0.05) is 19.3 Å². The second-order valence-corrected chi connectivity index (χ2v) is 6.62. The molecule has 0 bridgehead atoms. The molecule has 0 saturated heterocycles. The van der Waals surface area contributed by atoms with Gasteiger partial charge in [-0.25, -0.2) is 9.37 Å². The number of halogens is 1. The van der Waals surface area contributed by atoms with E-state index in [2.05, 4.69) is 0 Å². The van der Waals surface area contributed by atoms with Crippen LogP contribution in [0.2, 0.25) is 0 Å². The van der Waals surface area contributed by atoms with Gasteiger partial charge in [0.2, 0.25) is 0 Å². The number of rotatable bonds is 2. The molecule has 0 atom stereocenters. The Morgan fingerprint density at radius 1 is 1.25 bits per heavy atom. The molecule has 2 nitrogen and oxygen atoms in total. The first-order valence-corrected chi connectivity index (χ1v) is 7.99. The molecule has 106 valence electrons. The molecule has 0 unspecified atom stereocenters. The van der Waals surface area contributed by atoms with Gasteiger partial charge in [0, 0.05) is 11.5 Å². The van der Waals surface area contributed by atoms with Crippen LogP contribution in [-0.4, -0.2) is 4.98 Å². The third-order valence-corrected chi connectivity index (χ3v) is 5.11. The zero-order chi connectivity index (χ0) is 14.1. The van der Waals surface area contributed by atoms with Crippen molar-refractivity contribution in [2.24, 2.45) is 0 Å². The van der Waals surface area contributed by atoms with Crippen molar-refractivity contribution in [2.75, 3.05) is 5.73 Å². The van der Waals surface area contributed by atoms with Crippen molar-refractivity contribution in [1.82, 2.24) is 4.98 Å². The Hall–Kier alpha value is -1.42. The van der Waals surface area contributed by atoms with Crippen LogP contribution in [0.3, 0.4) is 0 Å². The molecule has 3 rings (SSSR count). The quantitative estimate of drug-likeness (QED) is 0.855. The van der Waals surface area contributed by atoms with Crippen molar-refractivity contribution in [3.05, 3.63) is 34.6 Å². The number of nitrogens with two attached hydrogens (primary N) is 1. The van der Waals surface area contributed by atoms with Gasteiger partial charge in [-0.15, -0.1) is 11.3 Å². The Balaban J connectivity index is 1.95. The Morgan fingerprint density at radius 3 is 2.70 bits per heavy atom. The highest BCUT2D eigenvalue weighted by atomic mass is 32.1. The third-order valence-electron chi connectivity index (χ3n) is 4.07. The SMILES string of the molecule is Cc1cc(F)ccc1-c1nc(C2CCCCC2)sc1N. The van der Waals surface area contributed by atoms with E-state index in [1.54, 1.807) is 17.4 Å². The number of aromatic nitrogens is 1. The van der Waals surface area contributed by atoms with E-state index in [-0.39, 0.29) is 5.82 Å². The number of thiazole rings is 1. The van der Waals surface area contributed by atoms with Crippen LogP contribution in [0.5, 0.6) is 0 Å². The van der Waals surface area contributed by atoms with Gasteiger partial charge in [0.15, 0.2) is 0 Å². The summed E-state index contributed by atoms with van der Waals surface area (Å²) in [6.07, 6.45) is 6.34. The Kier molecular flexibility index (Phi) is 3.74. The number of benzene rings is 1. The summed E-state index contributed by atoms with van der Waals surface area (Å²) >= 11 is 1.60. The predicted octanol–water partition coefficient (Wildman–Crippen LogP) is 4.89. The maximum atomic E-state index is 13.2. The first-order valence-electron chi connectivity index (χ1n) is 7.18. The standard InChI is InChI=1S/C16H19FN2S/c1-10-9-12(17)7-8-13(10)14-15(18)20-16(19-14)11-5-3-2-4-6-11/h7-9,11H,2-6,18H2,1H3. The van der Waals surface area contributed by atoms with E-state index in [1.807, 2.05) is 6.92 Å². The molecule has 0 spiro atoms. The number of hydrogen-bond donors (Lipinski definition) is 1. The van der Waals surface area contributed by atoms with Crippen molar-refractivity contribution in [3.8, 4) is 11.3 Å². The molecule has 1 aliphatic carbocycles. The first-order chi connectivity index (χ1) is 9.65. The van der Waals surface area contributed by atoms with Crippen LogP contribution in [0.1, 0.15) is 48.6 Å². The molecule has 4 heteroatoms. The third kappa shape index (κ3) is 2.57. The molecule has 2 N–H and O–H groups in total. The summed E-state index contributed by atoms with van der Waals surface area (Å²) in [7, 11) is 0. The fourth-order valence-electron chi connectivity index (χ4n) is 2.96. The van der Waals surface area contributed by atoms with Gasteiger partial charge >= 0.3 is 0 Å². The molecule has 1 aliphatic rings. The van der Waals surface area contributed by atoms with Crippen LogP contribution in [0.15, 0.2) is 18.2 Å². The van der Waals surface area contributed by atoms with Gasteiger partial charge in [0.25, 0.3) is 0 Å². The fraction of sp³-hybridized carbons (Fsp3) is 0.438. The summed E-state index contributed by atoms with van der Waals surface area (Å²) in [5.41, 5.74) is 8.81. The minimum Gasteiger partial charge on any atom is -0.389 e. The zero-order valence-electron chi connectivity index (χ0n) is 11.7. The number of aryl methyl sites for hydroxylation is 1. The van der Waals surface area contributed by atoms with E-state index in [0.717, 1.165) is 26.8 Å². The molecular formula is C16H19FN2S. The number of hydrogen-bond acceptors (Lipinski definition) is 3. The van der Waals surface area contributed by atoms with E-state index in [1.165, 1.54) is 44.2 Å². The van der Waals surface area contributed by atoms with Crippen molar-refractivity contribution in [1.29, 1.82) is 0 Å². The van der Waals surface area contributed by atoms with Gasteiger partial charge in [-0.2, -0.15) is 0 Å². The molecule has 0 amide bonds. The minimum atomic E-state index is -0.215. The monoisotopic (exact) mass is 290 g/mol. The van der Waals surface area contributed by atoms with Gasteiger partial charge in [0.1, 0.15) is 16.5 Å². The van der Waals surface area contributed by atoms with Crippen LogP contribution >= 0.6 is 11.3 Å². The van der Waals surface area contributed by atoms with Crippen molar-refractivity contribution in [3.63, 3.8) is 0 Å². The average molecular weight is 290 g/mol. The van der Waals surface area contributed by atoms with Crippen LogP contribution in [0, 0.1) is 12.7 Å². The predicted molar refractivity (Wildman–Crippen MR) is 82.5 cm³/mol. The highest BCUT2D eigenvalue weighted by molar-refractivity contribution is 7.16. The summed E-state index contributed by atoms with van der Waals surface area (Å²) in [5, 5.41) is 1.90. The molecule has 1 heterocycles. The number of nitrogens with zero attached hydrogens (tertiary/aromatic N) is 1. The molecule has 1 fully saturated rings. The Bertz CT molecular complexity index is 615. The van der Waals surface area contributed by atoms with Crippen molar-refractivity contribution in [2.45, 2.75) is 44.9 Å². The number of nitrogen functional groups attached to an aromatic ring is 1. The first kappa shape index (κ1) is 13.6. The smallest absolute Gasteiger partial charge is 0.123 e. The summed E-state index contributed by atoms with van der Waals surface area (Å²) in [6.45, 7) is 1.90. The van der Waals surface area contributed by atoms with Crippen molar-refractivity contribution < 1.29 is 4.39 Å². The van der Waals surface area contributed by atoms with Gasteiger partial charge in [-0.3, -0.25) is 0 Å². The molecule has 1 aromatic heterocycles. The van der Waals surface area contributed by atoms with Crippen LogP contribution in [-0.2, 0) is 0 Å². The molecule has 1 saturated carbocycles. The summed E-state index contributed by atoms with van der Waals surface area (Å²) in [5.74, 6) is 0.345. The molecule has 1 aromatic carbocycles. The number of anilines is 1. The topological polar surface area (TPSA) is 38.9 Å². The molecular weight excluding hydrogens is 271 g/mol. The molecule has 0 radical (unpaired) electrons. The van der Waals surface area contributed by atoms with Crippen LogP contribution in [0.4, 0.5) is 9.39 Å². The lowest BCUT2D eigenvalue weighted by atomic mass is 9.90. The van der Waals surface area contributed by atoms with Gasteiger partial charge in [-0.05, 0) is 43.5 Å². The average Bonchev–Trinajstić information content (AvgIpc) is 2.82. The summed E-state index contributed by atoms with van der Waals surface area (Å²) in [6, 6.07) is 4.79. The lowest BCUT2D eigenvalue weighted by Gasteiger charge is -2.18. The lowest BCUT2D eigenvalue weighted by molar-refractivity contribution is 0.442. The Labute approximate surface area is 122 Å². The van der Waals surface area contributed by atoms with Crippen LogP contribution < -0.4 is 5.73 Å². The molecule has 20 heavy (non-hydrogen) atoms. The second kappa shape index (κ2) is 5.52. The van der Waals surface area contributed by atoms with E-state index in [4.69, 9.17) is 10.7 Å². The van der Waals surface area contributed by atoms with E-state index in [0.29, 0.717) is 5.92 Å². The zero-order valence-corrected chi connectivity index (χ0v) is 12.5.